The van der Waals surface area contributed by atoms with Crippen molar-refractivity contribution in [3.63, 3.8) is 0 Å². The number of anilines is 3. The minimum absolute atomic E-state index is 0.709. The molecule has 0 N–H and O–H groups in total. The average molecular weight is 446 g/mol. The molecule has 0 unspecified atom stereocenters. The zero-order valence-corrected chi connectivity index (χ0v) is 17.9. The normalized spacial score (nSPS) is 10.8. The van der Waals surface area contributed by atoms with Gasteiger partial charge in [-0.15, -0.1) is 0 Å². The standard InChI is InChI=1S/C26H24BrNO/c27-19-8-9-20-29-26-18-7-6-16-25(26)28(22-13-2-1-3-14-22)24-17-10-12-21-11-4-5-15-23(21)24/h1-7,10-18H,8-9,19-20H2. The van der Waals surface area contributed by atoms with Gasteiger partial charge in [0.25, 0.3) is 0 Å². The highest BCUT2D eigenvalue weighted by Crippen LogP contribution is 2.42. The summed E-state index contributed by atoms with van der Waals surface area (Å²) < 4.78 is 6.21. The lowest BCUT2D eigenvalue weighted by molar-refractivity contribution is 0.311. The van der Waals surface area contributed by atoms with Crippen LogP contribution < -0.4 is 9.64 Å². The maximum atomic E-state index is 6.21. The van der Waals surface area contributed by atoms with Crippen molar-refractivity contribution in [2.75, 3.05) is 16.8 Å². The summed E-state index contributed by atoms with van der Waals surface area (Å²) in [5.74, 6) is 0.902. The summed E-state index contributed by atoms with van der Waals surface area (Å²) in [5, 5.41) is 3.44. The Hall–Kier alpha value is -2.78. The van der Waals surface area contributed by atoms with Gasteiger partial charge < -0.3 is 9.64 Å². The maximum Gasteiger partial charge on any atom is 0.143 e. The van der Waals surface area contributed by atoms with Crippen LogP contribution in [-0.2, 0) is 0 Å². The molecule has 0 aliphatic heterocycles. The molecule has 2 nitrogen and oxygen atoms in total. The molecular formula is C26H24BrNO. The van der Waals surface area contributed by atoms with Crippen LogP contribution in [0.4, 0.5) is 17.1 Å². The fourth-order valence-corrected chi connectivity index (χ4v) is 3.93. The van der Waals surface area contributed by atoms with Crippen LogP contribution in [0.5, 0.6) is 5.75 Å². The van der Waals surface area contributed by atoms with E-state index in [-0.39, 0.29) is 0 Å². The van der Waals surface area contributed by atoms with E-state index in [0.717, 1.165) is 41.0 Å². The molecule has 0 saturated heterocycles. The number of unbranched alkanes of at least 4 members (excludes halogenated alkanes) is 1. The number of halogens is 1. The highest BCUT2D eigenvalue weighted by atomic mass is 79.9. The lowest BCUT2D eigenvalue weighted by atomic mass is 10.1. The van der Waals surface area contributed by atoms with Crippen LogP contribution in [0.1, 0.15) is 12.8 Å². The van der Waals surface area contributed by atoms with E-state index in [1.807, 2.05) is 12.1 Å². The molecule has 4 aromatic carbocycles. The zero-order chi connectivity index (χ0) is 19.9. The van der Waals surface area contributed by atoms with E-state index in [1.165, 1.54) is 10.8 Å². The molecule has 0 bridgehead atoms. The first-order valence-electron chi connectivity index (χ1n) is 9.99. The number of fused-ring (bicyclic) bond motifs is 1. The topological polar surface area (TPSA) is 12.5 Å². The number of alkyl halides is 1. The van der Waals surface area contributed by atoms with Gasteiger partial charge >= 0.3 is 0 Å². The van der Waals surface area contributed by atoms with Crippen LogP contribution in [-0.4, -0.2) is 11.9 Å². The number of hydrogen-bond acceptors (Lipinski definition) is 2. The summed E-state index contributed by atoms with van der Waals surface area (Å²) in [5.41, 5.74) is 3.31. The molecule has 0 heterocycles. The molecule has 0 spiro atoms. The predicted molar refractivity (Wildman–Crippen MR) is 127 cm³/mol. The van der Waals surface area contributed by atoms with Crippen LogP contribution >= 0.6 is 15.9 Å². The zero-order valence-electron chi connectivity index (χ0n) is 16.3. The number of benzene rings is 4. The fraction of sp³-hybridized carbons (Fsp3) is 0.154. The van der Waals surface area contributed by atoms with E-state index in [4.69, 9.17) is 4.74 Å². The molecule has 0 radical (unpaired) electrons. The summed E-state index contributed by atoms with van der Waals surface area (Å²) in [6, 6.07) is 33.8. The third-order valence-corrected chi connectivity index (χ3v) is 5.47. The molecule has 0 aromatic heterocycles. The number of ether oxygens (including phenoxy) is 1. The van der Waals surface area contributed by atoms with Crippen molar-refractivity contribution in [3.05, 3.63) is 97.1 Å². The van der Waals surface area contributed by atoms with Gasteiger partial charge in [0.15, 0.2) is 0 Å². The third kappa shape index (κ3) is 4.46. The molecule has 4 rings (SSSR count). The second-order valence-electron chi connectivity index (χ2n) is 6.88. The summed E-state index contributed by atoms with van der Waals surface area (Å²) in [6.07, 6.45) is 2.13. The quantitative estimate of drug-likeness (QED) is 0.202. The van der Waals surface area contributed by atoms with Crippen LogP contribution in [0.15, 0.2) is 97.1 Å². The molecule has 146 valence electrons. The molecule has 0 atom stereocenters. The van der Waals surface area contributed by atoms with Gasteiger partial charge in [0.1, 0.15) is 5.75 Å². The minimum Gasteiger partial charge on any atom is -0.491 e. The molecule has 0 saturated carbocycles. The summed E-state index contributed by atoms with van der Waals surface area (Å²) in [4.78, 5) is 2.29. The third-order valence-electron chi connectivity index (χ3n) is 4.91. The molecule has 0 aliphatic carbocycles. The minimum atomic E-state index is 0.709. The van der Waals surface area contributed by atoms with Gasteiger partial charge in [-0.05, 0) is 48.6 Å². The van der Waals surface area contributed by atoms with Crippen molar-refractivity contribution in [1.82, 2.24) is 0 Å². The van der Waals surface area contributed by atoms with Gasteiger partial charge in [0.2, 0.25) is 0 Å². The van der Waals surface area contributed by atoms with Gasteiger partial charge in [-0.3, -0.25) is 0 Å². The molecule has 3 heteroatoms. The first kappa shape index (κ1) is 19.5. The Balaban J connectivity index is 1.83. The molecule has 0 aliphatic rings. The highest BCUT2D eigenvalue weighted by Gasteiger charge is 2.18. The molecule has 0 amide bonds. The Morgan fingerprint density at radius 2 is 1.34 bits per heavy atom. The molecule has 29 heavy (non-hydrogen) atoms. The molecule has 4 aromatic rings. The van der Waals surface area contributed by atoms with E-state index in [2.05, 4.69) is 106 Å². The van der Waals surface area contributed by atoms with Crippen molar-refractivity contribution in [2.45, 2.75) is 12.8 Å². The van der Waals surface area contributed by atoms with Crippen LogP contribution in [0, 0.1) is 0 Å². The molecular weight excluding hydrogens is 422 g/mol. The van der Waals surface area contributed by atoms with Crippen LogP contribution in [0.2, 0.25) is 0 Å². The summed E-state index contributed by atoms with van der Waals surface area (Å²) >= 11 is 3.49. The predicted octanol–water partition coefficient (Wildman–Crippen LogP) is 7.86. The SMILES string of the molecule is BrCCCCOc1ccccc1N(c1ccccc1)c1cccc2ccccc12. The van der Waals surface area contributed by atoms with Crippen molar-refractivity contribution >= 4 is 43.8 Å². The first-order chi connectivity index (χ1) is 14.4. The van der Waals surface area contributed by atoms with Crippen LogP contribution in [0.3, 0.4) is 0 Å². The number of rotatable bonds is 8. The Morgan fingerprint density at radius 3 is 2.21 bits per heavy atom. The highest BCUT2D eigenvalue weighted by molar-refractivity contribution is 9.09. The number of nitrogens with zero attached hydrogens (tertiary/aromatic N) is 1. The monoisotopic (exact) mass is 445 g/mol. The smallest absolute Gasteiger partial charge is 0.143 e. The summed E-state index contributed by atoms with van der Waals surface area (Å²) in [6.45, 7) is 0.709. The fourth-order valence-electron chi connectivity index (χ4n) is 3.53. The van der Waals surface area contributed by atoms with Crippen molar-refractivity contribution in [1.29, 1.82) is 0 Å². The lowest BCUT2D eigenvalue weighted by Gasteiger charge is -2.28. The molecule has 0 fully saturated rings. The number of para-hydroxylation sites is 3. The van der Waals surface area contributed by atoms with E-state index in [0.29, 0.717) is 6.61 Å². The Bertz CT molecular complexity index is 1060. The van der Waals surface area contributed by atoms with Gasteiger partial charge in [0, 0.05) is 16.4 Å². The van der Waals surface area contributed by atoms with Crippen molar-refractivity contribution in [3.8, 4) is 5.75 Å². The Kier molecular flexibility index (Phi) is 6.48. The van der Waals surface area contributed by atoms with E-state index in [9.17, 15) is 0 Å². The second-order valence-corrected chi connectivity index (χ2v) is 7.67. The van der Waals surface area contributed by atoms with E-state index < -0.39 is 0 Å². The first-order valence-corrected chi connectivity index (χ1v) is 11.1. The van der Waals surface area contributed by atoms with Crippen LogP contribution in [0.25, 0.3) is 10.8 Å². The van der Waals surface area contributed by atoms with Gasteiger partial charge in [0.05, 0.1) is 18.0 Å². The van der Waals surface area contributed by atoms with E-state index in [1.54, 1.807) is 0 Å². The van der Waals surface area contributed by atoms with E-state index >= 15 is 0 Å². The van der Waals surface area contributed by atoms with Gasteiger partial charge in [-0.2, -0.15) is 0 Å². The van der Waals surface area contributed by atoms with Gasteiger partial charge in [-0.25, -0.2) is 0 Å². The largest absolute Gasteiger partial charge is 0.491 e. The summed E-state index contributed by atoms with van der Waals surface area (Å²) in [7, 11) is 0. The van der Waals surface area contributed by atoms with Gasteiger partial charge in [-0.1, -0.05) is 82.7 Å². The average Bonchev–Trinajstić information content (AvgIpc) is 2.79. The van der Waals surface area contributed by atoms with Crippen molar-refractivity contribution < 1.29 is 4.74 Å². The lowest BCUT2D eigenvalue weighted by Crippen LogP contribution is -2.12. The van der Waals surface area contributed by atoms with Crippen molar-refractivity contribution in [2.24, 2.45) is 0 Å². The number of hydrogen-bond donors (Lipinski definition) is 0. The maximum absolute atomic E-state index is 6.21. The Morgan fingerprint density at radius 1 is 0.655 bits per heavy atom. The Labute approximate surface area is 180 Å². The second kappa shape index (κ2) is 9.62.